The van der Waals surface area contributed by atoms with Gasteiger partial charge in [0.1, 0.15) is 0 Å². The molecule has 1 unspecified atom stereocenters. The Morgan fingerprint density at radius 1 is 1.45 bits per heavy atom. The predicted molar refractivity (Wildman–Crippen MR) is 81.3 cm³/mol. The molecule has 0 bridgehead atoms. The van der Waals surface area contributed by atoms with Crippen molar-refractivity contribution in [3.8, 4) is 0 Å². The van der Waals surface area contributed by atoms with Gasteiger partial charge in [-0.1, -0.05) is 32.9 Å². The summed E-state index contributed by atoms with van der Waals surface area (Å²) in [5, 5.41) is 10.8. The zero-order valence-corrected chi connectivity index (χ0v) is 12.2. The summed E-state index contributed by atoms with van der Waals surface area (Å²) >= 11 is 0. The Labute approximate surface area is 118 Å². The maximum absolute atomic E-state index is 12.4. The summed E-state index contributed by atoms with van der Waals surface area (Å²) in [6, 6.07) is 5.71. The van der Waals surface area contributed by atoms with Crippen LogP contribution in [0.4, 0.5) is 5.69 Å². The molecule has 1 atom stereocenters. The molecule has 0 radical (unpaired) electrons. The topological polar surface area (TPSA) is 83.8 Å². The average molecular weight is 274 g/mol. The highest BCUT2D eigenvalue weighted by Crippen LogP contribution is 2.26. The minimum atomic E-state index is -0.187. The fourth-order valence-corrected chi connectivity index (χ4v) is 2.33. The minimum absolute atomic E-state index is 0.0375. The number of nitrogens with one attached hydrogen (secondary N) is 2. The van der Waals surface area contributed by atoms with Gasteiger partial charge >= 0.3 is 0 Å². The van der Waals surface area contributed by atoms with Crippen LogP contribution in [0.1, 0.15) is 27.2 Å². The molecular formula is C15H22N4O. The Bertz CT molecular complexity index is 597. The number of hydrogen-bond donors (Lipinski definition) is 3. The number of H-pyrrole nitrogens is 1. The lowest BCUT2D eigenvalue weighted by molar-refractivity contribution is -0.120. The molecule has 2 aromatic rings. The summed E-state index contributed by atoms with van der Waals surface area (Å²) in [6.45, 7) is 6.68. The van der Waals surface area contributed by atoms with Crippen LogP contribution in [0.15, 0.2) is 24.4 Å². The maximum atomic E-state index is 12.4. The van der Waals surface area contributed by atoms with Crippen LogP contribution in [0.3, 0.4) is 0 Å². The number of para-hydroxylation sites is 1. The summed E-state index contributed by atoms with van der Waals surface area (Å²) in [6.07, 6.45) is 2.49. The van der Waals surface area contributed by atoms with Crippen molar-refractivity contribution >= 4 is 22.5 Å². The van der Waals surface area contributed by atoms with Gasteiger partial charge in [0, 0.05) is 11.9 Å². The Hall–Kier alpha value is -1.88. The molecule has 0 fully saturated rings. The Kier molecular flexibility index (Phi) is 4.09. The Morgan fingerprint density at radius 3 is 2.85 bits per heavy atom. The third kappa shape index (κ3) is 3.36. The van der Waals surface area contributed by atoms with Gasteiger partial charge in [-0.05, 0) is 17.9 Å². The van der Waals surface area contributed by atoms with Gasteiger partial charge < -0.3 is 11.1 Å². The maximum Gasteiger partial charge on any atom is 0.228 e. The van der Waals surface area contributed by atoms with Crippen LogP contribution in [-0.2, 0) is 4.79 Å². The molecular weight excluding hydrogens is 252 g/mol. The first-order valence-corrected chi connectivity index (χ1v) is 6.84. The zero-order chi connectivity index (χ0) is 14.8. The second kappa shape index (κ2) is 5.63. The summed E-state index contributed by atoms with van der Waals surface area (Å²) in [7, 11) is 0. The smallest absolute Gasteiger partial charge is 0.228 e. The number of carbonyl (C=O) groups is 1. The van der Waals surface area contributed by atoms with Crippen molar-refractivity contribution < 1.29 is 4.79 Å². The van der Waals surface area contributed by atoms with Crippen molar-refractivity contribution in [2.45, 2.75) is 27.2 Å². The molecule has 1 aromatic carbocycles. The van der Waals surface area contributed by atoms with Crippen molar-refractivity contribution in [3.63, 3.8) is 0 Å². The van der Waals surface area contributed by atoms with E-state index in [0.29, 0.717) is 6.54 Å². The zero-order valence-electron chi connectivity index (χ0n) is 12.2. The molecule has 0 aliphatic heterocycles. The first kappa shape index (κ1) is 14.5. The first-order valence-electron chi connectivity index (χ1n) is 6.84. The summed E-state index contributed by atoms with van der Waals surface area (Å²) in [5.41, 5.74) is 7.40. The van der Waals surface area contributed by atoms with Gasteiger partial charge in [0.05, 0.1) is 23.3 Å². The third-order valence-electron chi connectivity index (χ3n) is 3.25. The number of rotatable bonds is 4. The van der Waals surface area contributed by atoms with Crippen LogP contribution in [0.2, 0.25) is 0 Å². The summed E-state index contributed by atoms with van der Waals surface area (Å²) in [5.74, 6) is -0.224. The normalized spacial score (nSPS) is 13.4. The number of aromatic nitrogens is 2. The monoisotopic (exact) mass is 274 g/mol. The van der Waals surface area contributed by atoms with Crippen LogP contribution in [0, 0.1) is 11.3 Å². The van der Waals surface area contributed by atoms with E-state index in [-0.39, 0.29) is 17.2 Å². The highest BCUT2D eigenvalue weighted by Gasteiger charge is 2.24. The molecule has 5 heteroatoms. The van der Waals surface area contributed by atoms with Crippen molar-refractivity contribution in [2.24, 2.45) is 17.1 Å². The molecule has 0 aliphatic carbocycles. The summed E-state index contributed by atoms with van der Waals surface area (Å²) in [4.78, 5) is 12.4. The molecule has 1 heterocycles. The van der Waals surface area contributed by atoms with Crippen LogP contribution >= 0.6 is 0 Å². The van der Waals surface area contributed by atoms with E-state index in [0.717, 1.165) is 23.0 Å². The Morgan fingerprint density at radius 2 is 2.20 bits per heavy atom. The fourth-order valence-electron chi connectivity index (χ4n) is 2.33. The second-order valence-electron chi connectivity index (χ2n) is 6.33. The lowest BCUT2D eigenvalue weighted by atomic mass is 9.84. The van der Waals surface area contributed by atoms with E-state index < -0.39 is 0 Å². The lowest BCUT2D eigenvalue weighted by Crippen LogP contribution is -2.32. The molecule has 108 valence electrons. The van der Waals surface area contributed by atoms with Crippen LogP contribution < -0.4 is 11.1 Å². The SMILES string of the molecule is CC(C)(C)CC(CN)C(=O)Nc1cccc2cn[nH]c12. The largest absolute Gasteiger partial charge is 0.330 e. The number of amides is 1. The van der Waals surface area contributed by atoms with Gasteiger partial charge in [-0.2, -0.15) is 5.10 Å². The molecule has 0 saturated heterocycles. The molecule has 1 amide bonds. The van der Waals surface area contributed by atoms with Crippen molar-refractivity contribution in [1.29, 1.82) is 0 Å². The molecule has 0 saturated carbocycles. The number of nitrogens with two attached hydrogens (primary N) is 1. The van der Waals surface area contributed by atoms with Gasteiger partial charge in [-0.3, -0.25) is 9.89 Å². The molecule has 5 nitrogen and oxygen atoms in total. The van der Waals surface area contributed by atoms with Gasteiger partial charge in [-0.25, -0.2) is 0 Å². The quantitative estimate of drug-likeness (QED) is 0.801. The molecule has 0 aliphatic rings. The van der Waals surface area contributed by atoms with Crippen LogP contribution in [-0.4, -0.2) is 22.6 Å². The van der Waals surface area contributed by atoms with Gasteiger partial charge in [0.2, 0.25) is 5.91 Å². The van der Waals surface area contributed by atoms with E-state index in [2.05, 4.69) is 36.3 Å². The first-order chi connectivity index (χ1) is 9.40. The van der Waals surface area contributed by atoms with Crippen molar-refractivity contribution in [3.05, 3.63) is 24.4 Å². The minimum Gasteiger partial charge on any atom is -0.330 e. The standard InChI is InChI=1S/C15H22N4O/c1-15(2,3)7-11(8-16)14(20)18-12-6-4-5-10-9-17-19-13(10)12/h4-6,9,11H,7-8,16H2,1-3H3,(H,17,19)(H,18,20). The van der Waals surface area contributed by atoms with Gasteiger partial charge in [0.25, 0.3) is 0 Å². The molecule has 1 aromatic heterocycles. The lowest BCUT2D eigenvalue weighted by Gasteiger charge is -2.24. The number of hydrogen-bond acceptors (Lipinski definition) is 3. The highest BCUT2D eigenvalue weighted by molar-refractivity contribution is 6.01. The number of nitrogens with zero attached hydrogens (tertiary/aromatic N) is 1. The van der Waals surface area contributed by atoms with E-state index in [1.807, 2.05) is 18.2 Å². The number of anilines is 1. The van der Waals surface area contributed by atoms with Crippen molar-refractivity contribution in [1.82, 2.24) is 10.2 Å². The van der Waals surface area contributed by atoms with E-state index >= 15 is 0 Å². The van der Waals surface area contributed by atoms with E-state index in [1.165, 1.54) is 0 Å². The molecule has 20 heavy (non-hydrogen) atoms. The number of benzene rings is 1. The Balaban J connectivity index is 2.16. The third-order valence-corrected chi connectivity index (χ3v) is 3.25. The van der Waals surface area contributed by atoms with E-state index in [4.69, 9.17) is 5.73 Å². The van der Waals surface area contributed by atoms with Gasteiger partial charge in [-0.15, -0.1) is 0 Å². The van der Waals surface area contributed by atoms with E-state index in [9.17, 15) is 4.79 Å². The molecule has 4 N–H and O–H groups in total. The number of aromatic amines is 1. The average Bonchev–Trinajstić information content (AvgIpc) is 2.84. The van der Waals surface area contributed by atoms with Crippen LogP contribution in [0.5, 0.6) is 0 Å². The van der Waals surface area contributed by atoms with Gasteiger partial charge in [0.15, 0.2) is 0 Å². The summed E-state index contributed by atoms with van der Waals surface area (Å²) < 4.78 is 0. The fraction of sp³-hybridized carbons (Fsp3) is 0.467. The predicted octanol–water partition coefficient (Wildman–Crippen LogP) is 2.51. The molecule has 0 spiro atoms. The number of carbonyl (C=O) groups excluding carboxylic acids is 1. The van der Waals surface area contributed by atoms with Crippen LogP contribution in [0.25, 0.3) is 10.9 Å². The molecule has 2 rings (SSSR count). The highest BCUT2D eigenvalue weighted by atomic mass is 16.1. The number of fused-ring (bicyclic) bond motifs is 1. The second-order valence-corrected chi connectivity index (χ2v) is 6.33. The van der Waals surface area contributed by atoms with Crippen molar-refractivity contribution in [2.75, 3.05) is 11.9 Å². The van der Waals surface area contributed by atoms with E-state index in [1.54, 1.807) is 6.20 Å².